The lowest BCUT2D eigenvalue weighted by atomic mass is 10.1. The van der Waals surface area contributed by atoms with Crippen LogP contribution in [0.2, 0.25) is 0 Å². The predicted molar refractivity (Wildman–Crippen MR) is 102 cm³/mol. The second-order valence-corrected chi connectivity index (χ2v) is 6.34. The van der Waals surface area contributed by atoms with E-state index in [0.717, 1.165) is 0 Å². The number of amides is 2. The van der Waals surface area contributed by atoms with Gasteiger partial charge >= 0.3 is 6.61 Å². The summed E-state index contributed by atoms with van der Waals surface area (Å²) in [4.78, 5) is 26.5. The maximum Gasteiger partial charge on any atom is 0.387 e. The van der Waals surface area contributed by atoms with Crippen molar-refractivity contribution in [2.75, 3.05) is 31.0 Å². The van der Waals surface area contributed by atoms with Crippen molar-refractivity contribution in [2.45, 2.75) is 13.0 Å². The van der Waals surface area contributed by atoms with E-state index in [1.165, 1.54) is 30.2 Å². The number of hydrogen-bond donors (Lipinski definition) is 1. The summed E-state index contributed by atoms with van der Waals surface area (Å²) >= 11 is 0. The number of carbonyl (C=O) groups excluding carboxylic acids is 2. The van der Waals surface area contributed by atoms with Crippen LogP contribution in [0.3, 0.4) is 0 Å². The summed E-state index contributed by atoms with van der Waals surface area (Å²) in [7, 11) is 2.87. The van der Waals surface area contributed by atoms with E-state index in [2.05, 4.69) is 10.1 Å². The highest BCUT2D eigenvalue weighted by Gasteiger charge is 2.35. The van der Waals surface area contributed by atoms with Gasteiger partial charge in [-0.25, -0.2) is 0 Å². The number of ether oxygens (including phenoxy) is 3. The molecule has 1 aliphatic heterocycles. The minimum absolute atomic E-state index is 0.0500. The number of nitrogens with one attached hydrogen (secondary N) is 1. The van der Waals surface area contributed by atoms with E-state index in [-0.39, 0.29) is 42.0 Å². The molecule has 2 aromatic carbocycles. The molecule has 9 heteroatoms. The summed E-state index contributed by atoms with van der Waals surface area (Å²) in [6.07, 6.45) is 0.0500. The zero-order chi connectivity index (χ0) is 21.0. The first-order chi connectivity index (χ1) is 13.9. The van der Waals surface area contributed by atoms with Crippen LogP contribution in [0.5, 0.6) is 17.2 Å². The van der Waals surface area contributed by atoms with Crippen molar-refractivity contribution in [3.8, 4) is 17.2 Å². The molecule has 0 aromatic heterocycles. The van der Waals surface area contributed by atoms with Gasteiger partial charge in [0, 0.05) is 30.4 Å². The zero-order valence-corrected chi connectivity index (χ0v) is 15.9. The minimum atomic E-state index is -3.03. The van der Waals surface area contributed by atoms with Crippen LogP contribution < -0.4 is 24.4 Å². The van der Waals surface area contributed by atoms with Crippen molar-refractivity contribution in [2.24, 2.45) is 5.92 Å². The van der Waals surface area contributed by atoms with Gasteiger partial charge in [-0.2, -0.15) is 8.78 Å². The fourth-order valence-electron chi connectivity index (χ4n) is 3.08. The Bertz CT molecular complexity index is 889. The van der Waals surface area contributed by atoms with Gasteiger partial charge in [0.15, 0.2) is 11.5 Å². The predicted octanol–water partition coefficient (Wildman–Crippen LogP) is 3.30. The molecule has 1 saturated heterocycles. The number of halogens is 2. The molecule has 1 N–H and O–H groups in total. The molecule has 1 aliphatic rings. The second kappa shape index (κ2) is 8.76. The highest BCUT2D eigenvalue weighted by atomic mass is 19.3. The molecule has 0 radical (unpaired) electrons. The Balaban J connectivity index is 1.69. The van der Waals surface area contributed by atoms with E-state index in [9.17, 15) is 18.4 Å². The maximum absolute atomic E-state index is 12.6. The smallest absolute Gasteiger partial charge is 0.387 e. The summed E-state index contributed by atoms with van der Waals surface area (Å²) in [6.45, 7) is -2.81. The van der Waals surface area contributed by atoms with Gasteiger partial charge in [0.05, 0.1) is 20.1 Å². The number of rotatable bonds is 7. The van der Waals surface area contributed by atoms with Gasteiger partial charge in [-0.15, -0.1) is 0 Å². The quantitative estimate of drug-likeness (QED) is 0.764. The Labute approximate surface area is 166 Å². The van der Waals surface area contributed by atoms with Crippen LogP contribution in [0.4, 0.5) is 20.2 Å². The molecular weight excluding hydrogens is 386 g/mol. The number of methoxy groups -OCH3 is 2. The lowest BCUT2D eigenvalue weighted by molar-refractivity contribution is -0.122. The van der Waals surface area contributed by atoms with Gasteiger partial charge < -0.3 is 24.4 Å². The zero-order valence-electron chi connectivity index (χ0n) is 15.9. The van der Waals surface area contributed by atoms with Crippen LogP contribution in [-0.2, 0) is 9.59 Å². The van der Waals surface area contributed by atoms with E-state index >= 15 is 0 Å². The molecule has 2 aromatic rings. The van der Waals surface area contributed by atoms with Crippen LogP contribution in [-0.4, -0.2) is 39.2 Å². The van der Waals surface area contributed by atoms with Crippen LogP contribution >= 0.6 is 0 Å². The molecule has 154 valence electrons. The molecule has 0 saturated carbocycles. The summed E-state index contributed by atoms with van der Waals surface area (Å²) in [5, 5.41) is 2.64. The van der Waals surface area contributed by atoms with Crippen LogP contribution in [0.1, 0.15) is 6.42 Å². The average Bonchev–Trinajstić information content (AvgIpc) is 3.09. The molecule has 0 spiro atoms. The van der Waals surface area contributed by atoms with E-state index in [4.69, 9.17) is 9.47 Å². The molecule has 3 rings (SSSR count). The van der Waals surface area contributed by atoms with Crippen LogP contribution in [0.15, 0.2) is 42.5 Å². The van der Waals surface area contributed by atoms with E-state index in [1.807, 2.05) is 0 Å². The summed E-state index contributed by atoms with van der Waals surface area (Å²) in [5.41, 5.74) is 0.935. The van der Waals surface area contributed by atoms with Crippen molar-refractivity contribution in [1.82, 2.24) is 0 Å². The highest BCUT2D eigenvalue weighted by molar-refractivity contribution is 6.03. The third kappa shape index (κ3) is 4.74. The fraction of sp³-hybridized carbons (Fsp3) is 0.300. The Kier molecular flexibility index (Phi) is 6.16. The number of anilines is 2. The Morgan fingerprint density at radius 3 is 2.45 bits per heavy atom. The molecule has 1 unspecified atom stereocenters. The largest absolute Gasteiger partial charge is 0.497 e. The summed E-state index contributed by atoms with van der Waals surface area (Å²) < 4.78 is 39.6. The van der Waals surface area contributed by atoms with Gasteiger partial charge in [0.25, 0.3) is 0 Å². The molecular formula is C20H20F2N2O5. The van der Waals surface area contributed by atoms with Crippen molar-refractivity contribution in [3.63, 3.8) is 0 Å². The minimum Gasteiger partial charge on any atom is -0.497 e. The van der Waals surface area contributed by atoms with Crippen LogP contribution in [0, 0.1) is 5.92 Å². The molecule has 2 amide bonds. The lowest BCUT2D eigenvalue weighted by Crippen LogP contribution is -2.28. The van der Waals surface area contributed by atoms with E-state index in [0.29, 0.717) is 11.4 Å². The molecule has 1 fully saturated rings. The first-order valence-electron chi connectivity index (χ1n) is 8.79. The number of hydrogen-bond acceptors (Lipinski definition) is 5. The SMILES string of the molecule is COc1ccc(N2CC(C(=O)Nc3ccc(OC)c(OC(F)F)c3)CC2=O)cc1. The number of carbonyl (C=O) groups is 2. The molecule has 29 heavy (non-hydrogen) atoms. The standard InChI is InChI=1S/C20H20F2N2O5/c1-27-15-6-4-14(5-7-15)24-11-12(9-18(24)25)19(26)23-13-3-8-16(28-2)17(10-13)29-20(21)22/h3-8,10,12,20H,9,11H2,1-2H3,(H,23,26). The van der Waals surface area contributed by atoms with Gasteiger partial charge in [-0.3, -0.25) is 9.59 Å². The molecule has 1 atom stereocenters. The monoisotopic (exact) mass is 406 g/mol. The Morgan fingerprint density at radius 1 is 1.10 bits per heavy atom. The van der Waals surface area contributed by atoms with Gasteiger partial charge in [0.1, 0.15) is 5.75 Å². The average molecular weight is 406 g/mol. The van der Waals surface area contributed by atoms with Gasteiger partial charge in [-0.1, -0.05) is 0 Å². The second-order valence-electron chi connectivity index (χ2n) is 6.34. The van der Waals surface area contributed by atoms with Crippen molar-refractivity contribution in [1.29, 1.82) is 0 Å². The molecule has 0 bridgehead atoms. The Hall–Kier alpha value is -3.36. The summed E-state index contributed by atoms with van der Waals surface area (Å²) in [5.74, 6) is -0.552. The fourth-order valence-corrected chi connectivity index (χ4v) is 3.08. The molecule has 0 aliphatic carbocycles. The number of benzene rings is 2. The third-order valence-corrected chi connectivity index (χ3v) is 4.53. The first kappa shape index (κ1) is 20.4. The van der Waals surface area contributed by atoms with E-state index in [1.54, 1.807) is 31.4 Å². The van der Waals surface area contributed by atoms with Crippen molar-refractivity contribution >= 4 is 23.2 Å². The lowest BCUT2D eigenvalue weighted by Gasteiger charge is -2.17. The highest BCUT2D eigenvalue weighted by Crippen LogP contribution is 2.32. The van der Waals surface area contributed by atoms with Gasteiger partial charge in [-0.05, 0) is 36.4 Å². The maximum atomic E-state index is 12.6. The van der Waals surface area contributed by atoms with Crippen LogP contribution in [0.25, 0.3) is 0 Å². The topological polar surface area (TPSA) is 77.1 Å². The van der Waals surface area contributed by atoms with Gasteiger partial charge in [0.2, 0.25) is 11.8 Å². The molecule has 7 nitrogen and oxygen atoms in total. The summed E-state index contributed by atoms with van der Waals surface area (Å²) in [6, 6.07) is 11.1. The normalized spacial score (nSPS) is 16.1. The van der Waals surface area contributed by atoms with Crippen molar-refractivity contribution in [3.05, 3.63) is 42.5 Å². The van der Waals surface area contributed by atoms with E-state index < -0.39 is 12.5 Å². The number of nitrogens with zero attached hydrogens (tertiary/aromatic N) is 1. The third-order valence-electron chi connectivity index (χ3n) is 4.53. The first-order valence-corrected chi connectivity index (χ1v) is 8.79. The molecule has 1 heterocycles. The van der Waals surface area contributed by atoms with Crippen molar-refractivity contribution < 1.29 is 32.6 Å². The Morgan fingerprint density at radius 2 is 1.83 bits per heavy atom. The number of alkyl halides is 2.